The average molecular weight is 485 g/mol. The number of piperazine rings is 1. The Hall–Kier alpha value is -3.52. The number of nitrogens with zero attached hydrogens (tertiary/aromatic N) is 4. The van der Waals surface area contributed by atoms with Gasteiger partial charge in [0.1, 0.15) is 23.8 Å². The Morgan fingerprint density at radius 3 is 2.50 bits per heavy atom. The molecule has 2 fully saturated rings. The van der Waals surface area contributed by atoms with Crippen molar-refractivity contribution < 1.29 is 9.59 Å². The Balaban J connectivity index is 1.31. The van der Waals surface area contributed by atoms with Crippen LogP contribution in [0.2, 0.25) is 0 Å². The van der Waals surface area contributed by atoms with Gasteiger partial charge < -0.3 is 15.5 Å². The quantitative estimate of drug-likeness (QED) is 0.594. The van der Waals surface area contributed by atoms with E-state index in [-0.39, 0.29) is 23.9 Å². The fourth-order valence-corrected chi connectivity index (χ4v) is 5.57. The molecule has 1 aliphatic carbocycles. The molecule has 36 heavy (non-hydrogen) atoms. The lowest BCUT2D eigenvalue weighted by Gasteiger charge is -2.43. The van der Waals surface area contributed by atoms with Crippen molar-refractivity contribution in [2.24, 2.45) is 5.92 Å². The van der Waals surface area contributed by atoms with Crippen molar-refractivity contribution in [2.75, 3.05) is 25.0 Å². The summed E-state index contributed by atoms with van der Waals surface area (Å²) in [5.74, 6) is 1.54. The summed E-state index contributed by atoms with van der Waals surface area (Å²) in [5.41, 5.74) is 1.54. The van der Waals surface area contributed by atoms with Gasteiger partial charge in [0.05, 0.1) is 24.0 Å². The zero-order valence-electron chi connectivity index (χ0n) is 20.8. The SMILES string of the molecule is CC(C)C1Nc2nc(nc3ccccc23)CN2CCN(C(=O)C3(c4ccccc4)CC3)CC2NC1=O. The van der Waals surface area contributed by atoms with Crippen LogP contribution in [0.15, 0.2) is 54.6 Å². The maximum Gasteiger partial charge on any atom is 0.244 e. The molecule has 2 atom stereocenters. The summed E-state index contributed by atoms with van der Waals surface area (Å²) < 4.78 is 0. The molecular weight excluding hydrogens is 452 g/mol. The molecule has 6 rings (SSSR count). The van der Waals surface area contributed by atoms with Crippen LogP contribution in [0.4, 0.5) is 5.82 Å². The number of para-hydroxylation sites is 1. The Labute approximate surface area is 211 Å². The molecule has 2 N–H and O–H groups in total. The van der Waals surface area contributed by atoms with E-state index >= 15 is 0 Å². The van der Waals surface area contributed by atoms with Crippen molar-refractivity contribution in [1.82, 2.24) is 25.1 Å². The molecule has 8 nitrogen and oxygen atoms in total. The van der Waals surface area contributed by atoms with Crippen LogP contribution in [0.5, 0.6) is 0 Å². The number of fused-ring (bicyclic) bond motifs is 5. The van der Waals surface area contributed by atoms with Crippen LogP contribution < -0.4 is 10.6 Å². The number of anilines is 1. The summed E-state index contributed by atoms with van der Waals surface area (Å²) in [6.07, 6.45) is 1.45. The molecule has 0 radical (unpaired) electrons. The minimum absolute atomic E-state index is 0.0455. The minimum Gasteiger partial charge on any atom is -0.358 e. The van der Waals surface area contributed by atoms with Crippen LogP contribution in [0.1, 0.15) is 38.1 Å². The number of benzene rings is 2. The smallest absolute Gasteiger partial charge is 0.244 e. The second kappa shape index (κ2) is 8.85. The summed E-state index contributed by atoms with van der Waals surface area (Å²) in [6, 6.07) is 17.5. The van der Waals surface area contributed by atoms with Crippen molar-refractivity contribution in [3.05, 3.63) is 66.0 Å². The fraction of sp³-hybridized carbons (Fsp3) is 0.429. The first-order valence-corrected chi connectivity index (χ1v) is 12.9. The van der Waals surface area contributed by atoms with Gasteiger partial charge in [0, 0.05) is 18.5 Å². The van der Waals surface area contributed by atoms with Gasteiger partial charge in [0.15, 0.2) is 0 Å². The molecule has 1 saturated carbocycles. The Morgan fingerprint density at radius 2 is 1.75 bits per heavy atom. The lowest BCUT2D eigenvalue weighted by Crippen LogP contribution is -2.63. The fourth-order valence-electron chi connectivity index (χ4n) is 5.57. The molecule has 2 unspecified atom stereocenters. The predicted molar refractivity (Wildman–Crippen MR) is 138 cm³/mol. The molecule has 3 aliphatic rings. The van der Waals surface area contributed by atoms with Crippen molar-refractivity contribution in [2.45, 2.75) is 50.9 Å². The second-order valence-corrected chi connectivity index (χ2v) is 10.6. The third-order valence-electron chi connectivity index (χ3n) is 7.81. The van der Waals surface area contributed by atoms with E-state index in [1.54, 1.807) is 0 Å². The van der Waals surface area contributed by atoms with Gasteiger partial charge in [-0.3, -0.25) is 14.5 Å². The topological polar surface area (TPSA) is 90.5 Å². The van der Waals surface area contributed by atoms with E-state index in [1.165, 1.54) is 0 Å². The van der Waals surface area contributed by atoms with Gasteiger partial charge in [-0.05, 0) is 36.5 Å². The highest BCUT2D eigenvalue weighted by molar-refractivity contribution is 5.93. The summed E-state index contributed by atoms with van der Waals surface area (Å²) in [4.78, 5) is 41.0. The van der Waals surface area contributed by atoms with Gasteiger partial charge in [0.2, 0.25) is 11.8 Å². The summed E-state index contributed by atoms with van der Waals surface area (Å²) in [6.45, 7) is 6.27. The van der Waals surface area contributed by atoms with Gasteiger partial charge in [0.25, 0.3) is 0 Å². The van der Waals surface area contributed by atoms with Crippen molar-refractivity contribution in [3.8, 4) is 0 Å². The van der Waals surface area contributed by atoms with Crippen LogP contribution in [0.3, 0.4) is 0 Å². The number of carbonyl (C=O) groups excluding carboxylic acids is 2. The minimum atomic E-state index is -0.457. The maximum absolute atomic E-state index is 13.7. The van der Waals surface area contributed by atoms with E-state index in [1.807, 2.05) is 61.2 Å². The van der Waals surface area contributed by atoms with E-state index in [9.17, 15) is 9.59 Å². The first kappa shape index (κ1) is 22.9. The van der Waals surface area contributed by atoms with E-state index in [2.05, 4.69) is 27.7 Å². The van der Waals surface area contributed by atoms with Crippen LogP contribution >= 0.6 is 0 Å². The lowest BCUT2D eigenvalue weighted by molar-refractivity contribution is -0.139. The monoisotopic (exact) mass is 484 g/mol. The van der Waals surface area contributed by atoms with Gasteiger partial charge in [-0.15, -0.1) is 0 Å². The molecule has 3 heterocycles. The first-order valence-electron chi connectivity index (χ1n) is 12.9. The Bertz CT molecular complexity index is 1310. The van der Waals surface area contributed by atoms with Crippen LogP contribution in [0, 0.1) is 5.92 Å². The van der Waals surface area contributed by atoms with Gasteiger partial charge in [-0.2, -0.15) is 0 Å². The van der Waals surface area contributed by atoms with Gasteiger partial charge in [-0.1, -0.05) is 56.3 Å². The van der Waals surface area contributed by atoms with Crippen LogP contribution in [0.25, 0.3) is 10.9 Å². The largest absolute Gasteiger partial charge is 0.358 e. The lowest BCUT2D eigenvalue weighted by atomic mass is 9.94. The van der Waals surface area contributed by atoms with E-state index in [4.69, 9.17) is 9.97 Å². The molecule has 2 bridgehead atoms. The molecule has 2 aromatic carbocycles. The number of nitrogens with one attached hydrogen (secondary N) is 2. The van der Waals surface area contributed by atoms with Gasteiger partial charge in [-0.25, -0.2) is 9.97 Å². The molecule has 8 heteroatoms. The van der Waals surface area contributed by atoms with E-state index in [0.717, 1.165) is 29.3 Å². The molecule has 186 valence electrons. The number of hydrogen-bond donors (Lipinski definition) is 2. The third-order valence-corrected chi connectivity index (χ3v) is 7.81. The molecule has 1 saturated heterocycles. The highest BCUT2D eigenvalue weighted by Crippen LogP contribution is 2.49. The normalized spacial score (nSPS) is 23.5. The average Bonchev–Trinajstić information content (AvgIpc) is 3.70. The van der Waals surface area contributed by atoms with Gasteiger partial charge >= 0.3 is 0 Å². The van der Waals surface area contributed by atoms with Crippen LogP contribution in [-0.4, -0.2) is 63.4 Å². The molecule has 1 aromatic heterocycles. The number of aromatic nitrogens is 2. The molecule has 3 aromatic rings. The standard InChI is InChI=1S/C28H32N6O2/c1-18(2)24-26(35)31-23-17-34(27(36)28(12-13-28)19-8-4-3-5-9-19)15-14-33(23)16-22-29-21-11-7-6-10-20(21)25(30-22)32-24/h3-11,18,23-24H,12-17H2,1-2H3,(H,31,35)(H,29,30,32). The van der Waals surface area contributed by atoms with Crippen molar-refractivity contribution in [1.29, 1.82) is 0 Å². The highest BCUT2D eigenvalue weighted by Gasteiger charge is 2.53. The Kier molecular flexibility index (Phi) is 5.63. The van der Waals surface area contributed by atoms with E-state index in [0.29, 0.717) is 37.8 Å². The summed E-state index contributed by atoms with van der Waals surface area (Å²) >= 11 is 0. The Morgan fingerprint density at radius 1 is 1.00 bits per heavy atom. The number of carbonyl (C=O) groups is 2. The second-order valence-electron chi connectivity index (χ2n) is 10.6. The number of hydrogen-bond acceptors (Lipinski definition) is 6. The first-order chi connectivity index (χ1) is 17.4. The zero-order chi connectivity index (χ0) is 24.9. The predicted octanol–water partition coefficient (Wildman–Crippen LogP) is 2.90. The summed E-state index contributed by atoms with van der Waals surface area (Å²) in [5, 5.41) is 7.56. The molecule has 2 amide bonds. The summed E-state index contributed by atoms with van der Waals surface area (Å²) in [7, 11) is 0. The number of rotatable bonds is 3. The molecule has 0 spiro atoms. The molecular formula is C28H32N6O2. The van der Waals surface area contributed by atoms with Crippen molar-refractivity contribution >= 4 is 28.5 Å². The molecule has 2 aliphatic heterocycles. The maximum atomic E-state index is 13.7. The van der Waals surface area contributed by atoms with Crippen LogP contribution in [-0.2, 0) is 21.5 Å². The highest BCUT2D eigenvalue weighted by atomic mass is 16.2. The number of amides is 2. The van der Waals surface area contributed by atoms with E-state index < -0.39 is 11.5 Å². The van der Waals surface area contributed by atoms with Crippen molar-refractivity contribution in [3.63, 3.8) is 0 Å². The third kappa shape index (κ3) is 3.99. The zero-order valence-corrected chi connectivity index (χ0v) is 20.8.